The van der Waals surface area contributed by atoms with Gasteiger partial charge in [0, 0.05) is 17.8 Å². The Hall–Kier alpha value is -3.68. The van der Waals surface area contributed by atoms with E-state index in [4.69, 9.17) is 16.3 Å². The van der Waals surface area contributed by atoms with Crippen molar-refractivity contribution in [2.45, 2.75) is 18.2 Å². The van der Waals surface area contributed by atoms with Gasteiger partial charge < -0.3 is 15.4 Å². The number of halogens is 1. The van der Waals surface area contributed by atoms with E-state index in [1.807, 2.05) is 0 Å². The standard InChI is InChI=1S/C21H20FN5O3S/c1-3-4-11-30-17-9-7-15(8-10-17)25-20-18(22)13-24-21(27-20)26-16-6-5-14(2)19(12-16)31(23,28)29/h1,5-10,12-13H,4,11H2,2H3,(H2,23,28,29)(H2,24,25,26,27). The first-order valence-corrected chi connectivity index (χ1v) is 10.7. The molecule has 10 heteroatoms. The third-order valence-electron chi connectivity index (χ3n) is 4.13. The van der Waals surface area contributed by atoms with E-state index in [0.717, 1.165) is 6.20 Å². The topological polar surface area (TPSA) is 119 Å². The van der Waals surface area contributed by atoms with Crippen LogP contribution in [0, 0.1) is 25.1 Å². The molecule has 0 amide bonds. The molecule has 0 unspecified atom stereocenters. The lowest BCUT2D eigenvalue weighted by Crippen LogP contribution is -2.14. The minimum atomic E-state index is -3.89. The van der Waals surface area contributed by atoms with E-state index in [2.05, 4.69) is 26.5 Å². The first-order valence-electron chi connectivity index (χ1n) is 9.12. The van der Waals surface area contributed by atoms with Crippen LogP contribution in [0.15, 0.2) is 53.6 Å². The van der Waals surface area contributed by atoms with Gasteiger partial charge in [0.05, 0.1) is 17.7 Å². The number of ether oxygens (including phenoxy) is 1. The van der Waals surface area contributed by atoms with Crippen LogP contribution in [0.5, 0.6) is 5.75 Å². The highest BCUT2D eigenvalue weighted by Gasteiger charge is 2.13. The molecular formula is C21H20FN5O3S. The van der Waals surface area contributed by atoms with E-state index in [1.54, 1.807) is 43.3 Å². The maximum atomic E-state index is 14.2. The van der Waals surface area contributed by atoms with Crippen LogP contribution < -0.4 is 20.5 Å². The van der Waals surface area contributed by atoms with Crippen molar-refractivity contribution in [3.8, 4) is 18.1 Å². The predicted octanol–water partition coefficient (Wildman–Crippen LogP) is 3.46. The highest BCUT2D eigenvalue weighted by atomic mass is 32.2. The van der Waals surface area contributed by atoms with Crippen LogP contribution in [0.3, 0.4) is 0 Å². The third-order valence-corrected chi connectivity index (χ3v) is 5.18. The van der Waals surface area contributed by atoms with Crippen LogP contribution in [0.1, 0.15) is 12.0 Å². The molecule has 0 atom stereocenters. The van der Waals surface area contributed by atoms with E-state index in [0.29, 0.717) is 35.7 Å². The molecule has 0 aliphatic heterocycles. The number of hydrogen-bond donors (Lipinski definition) is 3. The fraction of sp³-hybridized carbons (Fsp3) is 0.143. The summed E-state index contributed by atoms with van der Waals surface area (Å²) >= 11 is 0. The highest BCUT2D eigenvalue weighted by molar-refractivity contribution is 7.89. The molecule has 0 spiro atoms. The Morgan fingerprint density at radius 3 is 2.55 bits per heavy atom. The summed E-state index contributed by atoms with van der Waals surface area (Å²) in [6.07, 6.45) is 6.69. The molecule has 4 N–H and O–H groups in total. The van der Waals surface area contributed by atoms with Gasteiger partial charge in [-0.2, -0.15) is 4.98 Å². The molecule has 0 aliphatic carbocycles. The lowest BCUT2D eigenvalue weighted by Gasteiger charge is -2.11. The van der Waals surface area contributed by atoms with Crippen molar-refractivity contribution in [2.75, 3.05) is 17.2 Å². The molecule has 0 saturated heterocycles. The number of nitrogens with two attached hydrogens (primary N) is 1. The zero-order chi connectivity index (χ0) is 22.4. The second-order valence-electron chi connectivity index (χ2n) is 6.49. The number of nitrogens with zero attached hydrogens (tertiary/aromatic N) is 2. The number of benzene rings is 2. The zero-order valence-corrected chi connectivity index (χ0v) is 17.4. The first-order chi connectivity index (χ1) is 14.8. The van der Waals surface area contributed by atoms with E-state index in [9.17, 15) is 12.8 Å². The summed E-state index contributed by atoms with van der Waals surface area (Å²) in [6.45, 7) is 2.04. The Morgan fingerprint density at radius 1 is 1.16 bits per heavy atom. The molecule has 0 saturated carbocycles. The number of anilines is 4. The maximum Gasteiger partial charge on any atom is 0.238 e. The van der Waals surface area contributed by atoms with Gasteiger partial charge in [-0.25, -0.2) is 22.9 Å². The van der Waals surface area contributed by atoms with Crippen LogP contribution >= 0.6 is 0 Å². The van der Waals surface area contributed by atoms with Crippen molar-refractivity contribution in [3.63, 3.8) is 0 Å². The number of aryl methyl sites for hydroxylation is 1. The molecule has 160 valence electrons. The molecule has 0 aliphatic rings. The fourth-order valence-corrected chi connectivity index (χ4v) is 3.44. The van der Waals surface area contributed by atoms with Crippen LogP contribution in [-0.2, 0) is 10.0 Å². The zero-order valence-electron chi connectivity index (χ0n) is 16.6. The number of aromatic nitrogens is 2. The Balaban J connectivity index is 1.76. The van der Waals surface area contributed by atoms with Gasteiger partial charge >= 0.3 is 0 Å². The molecule has 8 nitrogen and oxygen atoms in total. The van der Waals surface area contributed by atoms with E-state index < -0.39 is 15.8 Å². The average Bonchev–Trinajstić information content (AvgIpc) is 2.72. The summed E-state index contributed by atoms with van der Waals surface area (Å²) in [6, 6.07) is 11.5. The molecule has 1 aromatic heterocycles. The summed E-state index contributed by atoms with van der Waals surface area (Å²) in [5.41, 5.74) is 1.47. The van der Waals surface area contributed by atoms with Gasteiger partial charge in [-0.3, -0.25) is 0 Å². The monoisotopic (exact) mass is 441 g/mol. The summed E-state index contributed by atoms with van der Waals surface area (Å²) in [5, 5.41) is 10.9. The minimum absolute atomic E-state index is 0.0255. The van der Waals surface area contributed by atoms with Gasteiger partial charge in [-0.15, -0.1) is 12.3 Å². The molecule has 3 aromatic rings. The van der Waals surface area contributed by atoms with Crippen molar-refractivity contribution in [3.05, 3.63) is 60.0 Å². The molecule has 0 bridgehead atoms. The molecule has 0 radical (unpaired) electrons. The quantitative estimate of drug-likeness (QED) is 0.362. The van der Waals surface area contributed by atoms with Crippen LogP contribution in [-0.4, -0.2) is 25.0 Å². The Kier molecular flexibility index (Phi) is 6.69. The smallest absolute Gasteiger partial charge is 0.238 e. The number of primary sulfonamides is 1. The molecule has 1 heterocycles. The highest BCUT2D eigenvalue weighted by Crippen LogP contribution is 2.24. The second kappa shape index (κ2) is 9.42. The molecule has 2 aromatic carbocycles. The minimum Gasteiger partial charge on any atom is -0.493 e. The largest absolute Gasteiger partial charge is 0.493 e. The summed E-state index contributed by atoms with van der Waals surface area (Å²) in [7, 11) is -3.89. The third kappa shape index (κ3) is 5.91. The van der Waals surface area contributed by atoms with E-state index in [1.165, 1.54) is 6.07 Å². The summed E-state index contributed by atoms with van der Waals surface area (Å²) in [5.74, 6) is 2.48. The fourth-order valence-electron chi connectivity index (χ4n) is 2.63. The van der Waals surface area contributed by atoms with Gasteiger partial charge in [0.15, 0.2) is 11.6 Å². The number of rotatable bonds is 8. The number of hydrogen-bond acceptors (Lipinski definition) is 7. The number of sulfonamides is 1. The van der Waals surface area contributed by atoms with Gasteiger partial charge in [-0.1, -0.05) is 6.07 Å². The van der Waals surface area contributed by atoms with Gasteiger partial charge in [-0.05, 0) is 48.9 Å². The number of terminal acetylenes is 1. The summed E-state index contributed by atoms with van der Waals surface area (Å²) < 4.78 is 43.1. The van der Waals surface area contributed by atoms with Crippen molar-refractivity contribution < 1.29 is 17.5 Å². The Labute approximate surface area is 179 Å². The van der Waals surface area contributed by atoms with Gasteiger partial charge in [0.2, 0.25) is 16.0 Å². The average molecular weight is 441 g/mol. The van der Waals surface area contributed by atoms with Crippen molar-refractivity contribution in [1.29, 1.82) is 0 Å². The molecule has 0 fully saturated rings. The maximum absolute atomic E-state index is 14.2. The van der Waals surface area contributed by atoms with Crippen molar-refractivity contribution in [2.24, 2.45) is 5.14 Å². The molecule has 3 rings (SSSR count). The van der Waals surface area contributed by atoms with Crippen LogP contribution in [0.4, 0.5) is 27.5 Å². The second-order valence-corrected chi connectivity index (χ2v) is 8.02. The lowest BCUT2D eigenvalue weighted by molar-refractivity contribution is 0.327. The van der Waals surface area contributed by atoms with E-state index in [-0.39, 0.29) is 16.7 Å². The number of nitrogens with one attached hydrogen (secondary N) is 2. The normalized spacial score (nSPS) is 10.9. The van der Waals surface area contributed by atoms with Gasteiger partial charge in [0.25, 0.3) is 0 Å². The van der Waals surface area contributed by atoms with Crippen LogP contribution in [0.2, 0.25) is 0 Å². The first kappa shape index (κ1) is 22.0. The summed E-state index contributed by atoms with van der Waals surface area (Å²) in [4.78, 5) is 7.98. The van der Waals surface area contributed by atoms with Crippen molar-refractivity contribution in [1.82, 2.24) is 9.97 Å². The molecule has 31 heavy (non-hydrogen) atoms. The Morgan fingerprint density at radius 2 is 1.87 bits per heavy atom. The molecular weight excluding hydrogens is 421 g/mol. The Bertz CT molecular complexity index is 1220. The van der Waals surface area contributed by atoms with E-state index >= 15 is 0 Å². The SMILES string of the molecule is C#CCCOc1ccc(Nc2nc(Nc3ccc(C)c(S(N)(=O)=O)c3)ncc2F)cc1. The van der Waals surface area contributed by atoms with Crippen molar-refractivity contribution >= 4 is 33.2 Å². The predicted molar refractivity (Wildman–Crippen MR) is 116 cm³/mol. The van der Waals surface area contributed by atoms with Crippen LogP contribution in [0.25, 0.3) is 0 Å². The van der Waals surface area contributed by atoms with Gasteiger partial charge in [0.1, 0.15) is 5.75 Å². The lowest BCUT2D eigenvalue weighted by atomic mass is 10.2.